The molecule has 1 aliphatic rings. The summed E-state index contributed by atoms with van der Waals surface area (Å²) < 4.78 is 11.8. The van der Waals surface area contributed by atoms with Crippen LogP contribution in [0.4, 0.5) is 4.79 Å². The number of rotatable bonds is 8. The summed E-state index contributed by atoms with van der Waals surface area (Å²) in [7, 11) is 0. The third-order valence-electron chi connectivity index (χ3n) is 6.50. The molecule has 1 saturated carbocycles. The lowest BCUT2D eigenvalue weighted by atomic mass is 9.85. The molecule has 1 amide bonds. The van der Waals surface area contributed by atoms with Crippen LogP contribution in [0.1, 0.15) is 48.5 Å². The fourth-order valence-electron chi connectivity index (χ4n) is 4.73. The zero-order valence-corrected chi connectivity index (χ0v) is 20.8. The molecule has 0 saturated heterocycles. The first-order valence-corrected chi connectivity index (χ1v) is 12.2. The summed E-state index contributed by atoms with van der Waals surface area (Å²) in [5.74, 6) is -1.55. The molecule has 4 rings (SSSR count). The van der Waals surface area contributed by atoms with Crippen LogP contribution in [-0.2, 0) is 16.1 Å². The maximum atomic E-state index is 12.7. The number of ether oxygens (including phenoxy) is 1. The monoisotopic (exact) mass is 543 g/mol. The first-order chi connectivity index (χ1) is 16.8. The van der Waals surface area contributed by atoms with E-state index in [2.05, 4.69) is 15.9 Å². The van der Waals surface area contributed by atoms with Gasteiger partial charge in [-0.25, -0.2) is 9.59 Å². The fraction of sp³-hybridized carbons (Fsp3) is 0.346. The molecule has 0 bridgehead atoms. The van der Waals surface area contributed by atoms with Crippen molar-refractivity contribution in [3.63, 3.8) is 0 Å². The number of furan rings is 1. The van der Waals surface area contributed by atoms with Gasteiger partial charge in [0.15, 0.2) is 0 Å². The molecule has 0 unspecified atom stereocenters. The highest BCUT2D eigenvalue weighted by Crippen LogP contribution is 2.41. The number of carbonyl (C=O) groups excluding carboxylic acids is 1. The summed E-state index contributed by atoms with van der Waals surface area (Å²) >= 11 is 3.55. The highest BCUT2D eigenvalue weighted by Gasteiger charge is 2.43. The maximum absolute atomic E-state index is 12.7. The van der Waals surface area contributed by atoms with Crippen molar-refractivity contribution in [1.29, 1.82) is 0 Å². The van der Waals surface area contributed by atoms with Gasteiger partial charge >= 0.3 is 18.0 Å². The molecular formula is C26H26BrNO7. The quantitative estimate of drug-likeness (QED) is 0.349. The van der Waals surface area contributed by atoms with E-state index in [0.29, 0.717) is 34.2 Å². The van der Waals surface area contributed by atoms with Crippen LogP contribution in [0, 0.1) is 5.41 Å². The van der Waals surface area contributed by atoms with E-state index in [4.69, 9.17) is 9.15 Å². The molecule has 0 radical (unpaired) electrons. The van der Waals surface area contributed by atoms with Crippen molar-refractivity contribution in [1.82, 2.24) is 4.90 Å². The summed E-state index contributed by atoms with van der Waals surface area (Å²) in [4.78, 5) is 38.0. The van der Waals surface area contributed by atoms with E-state index in [1.54, 1.807) is 37.3 Å². The van der Waals surface area contributed by atoms with E-state index in [1.807, 2.05) is 6.07 Å². The average molecular weight is 544 g/mol. The number of aliphatic carboxylic acids is 1. The second-order valence-corrected chi connectivity index (χ2v) is 9.57. The molecule has 184 valence electrons. The Bertz CT molecular complexity index is 1280. The highest BCUT2D eigenvalue weighted by molar-refractivity contribution is 9.10. The van der Waals surface area contributed by atoms with Crippen LogP contribution < -0.4 is 0 Å². The lowest BCUT2D eigenvalue weighted by Gasteiger charge is -2.31. The summed E-state index contributed by atoms with van der Waals surface area (Å²) in [6, 6.07) is 12.0. The minimum absolute atomic E-state index is 0.0724. The van der Waals surface area contributed by atoms with Crippen LogP contribution in [0.15, 0.2) is 51.4 Å². The van der Waals surface area contributed by atoms with Crippen molar-refractivity contribution < 1.29 is 33.8 Å². The zero-order valence-electron chi connectivity index (χ0n) is 19.3. The second kappa shape index (κ2) is 10.1. The highest BCUT2D eigenvalue weighted by atomic mass is 79.9. The number of nitrogens with zero attached hydrogens (tertiary/aromatic N) is 1. The number of carbonyl (C=O) groups is 3. The molecular weight excluding hydrogens is 518 g/mol. The number of fused-ring (bicyclic) bond motifs is 1. The zero-order chi connectivity index (χ0) is 25.2. The molecule has 1 fully saturated rings. The van der Waals surface area contributed by atoms with Gasteiger partial charge in [0.05, 0.1) is 22.1 Å². The first kappa shape index (κ1) is 24.8. The smallest absolute Gasteiger partial charge is 0.410 e. The summed E-state index contributed by atoms with van der Waals surface area (Å²) in [6.07, 6.45) is 2.13. The Balaban J connectivity index is 1.68. The van der Waals surface area contributed by atoms with Gasteiger partial charge in [0.2, 0.25) is 0 Å². The Morgan fingerprint density at radius 1 is 1.11 bits per heavy atom. The first-order valence-electron chi connectivity index (χ1n) is 11.4. The van der Waals surface area contributed by atoms with Crippen molar-refractivity contribution in [2.75, 3.05) is 13.2 Å². The molecule has 1 aliphatic carbocycles. The van der Waals surface area contributed by atoms with Gasteiger partial charge in [0.1, 0.15) is 11.3 Å². The van der Waals surface area contributed by atoms with Crippen molar-refractivity contribution in [2.45, 2.75) is 39.2 Å². The molecule has 0 spiro atoms. The molecule has 1 aromatic heterocycles. The van der Waals surface area contributed by atoms with E-state index < -0.39 is 23.4 Å². The molecule has 2 aromatic carbocycles. The predicted octanol–water partition coefficient (Wildman–Crippen LogP) is 6.16. The Labute approximate surface area is 210 Å². The predicted molar refractivity (Wildman–Crippen MR) is 132 cm³/mol. The van der Waals surface area contributed by atoms with E-state index >= 15 is 0 Å². The maximum Gasteiger partial charge on any atom is 0.410 e. The Hall–Kier alpha value is -3.33. The van der Waals surface area contributed by atoms with Gasteiger partial charge in [-0.1, -0.05) is 37.1 Å². The standard InChI is InChI=1S/C26H26BrNO7/c1-2-34-25(33)28(15-26(24(31)32)11-5-6-12-26)14-16-9-10-20-19(13-16)21(27)22(35-20)17-7-3-4-8-18(17)23(29)30/h3-4,7-10,13H,2,5-6,11-12,14-15H2,1H3,(H,29,30)(H,31,32). The number of benzene rings is 2. The Kier molecular flexibility index (Phi) is 7.16. The van der Waals surface area contributed by atoms with Gasteiger partial charge in [-0.2, -0.15) is 0 Å². The van der Waals surface area contributed by atoms with Gasteiger partial charge in [0.25, 0.3) is 0 Å². The number of halogens is 1. The number of carboxylic acid groups (broad SMARTS) is 2. The van der Waals surface area contributed by atoms with Gasteiger partial charge in [0, 0.05) is 24.0 Å². The second-order valence-electron chi connectivity index (χ2n) is 8.77. The van der Waals surface area contributed by atoms with Gasteiger partial charge in [-0.3, -0.25) is 4.79 Å². The Morgan fingerprint density at radius 3 is 2.49 bits per heavy atom. The molecule has 1 heterocycles. The third kappa shape index (κ3) is 4.91. The van der Waals surface area contributed by atoms with Crippen LogP contribution in [-0.4, -0.2) is 46.3 Å². The van der Waals surface area contributed by atoms with Gasteiger partial charge < -0.3 is 24.3 Å². The van der Waals surface area contributed by atoms with E-state index in [-0.39, 0.29) is 25.3 Å². The number of carboxylic acids is 2. The number of aromatic carboxylic acids is 1. The molecule has 35 heavy (non-hydrogen) atoms. The van der Waals surface area contributed by atoms with Crippen LogP contribution in [0.2, 0.25) is 0 Å². The van der Waals surface area contributed by atoms with Crippen molar-refractivity contribution in [2.24, 2.45) is 5.41 Å². The van der Waals surface area contributed by atoms with Crippen LogP contribution in [0.3, 0.4) is 0 Å². The number of hydrogen-bond acceptors (Lipinski definition) is 5. The summed E-state index contributed by atoms with van der Waals surface area (Å²) in [5, 5.41) is 20.2. The van der Waals surface area contributed by atoms with Crippen molar-refractivity contribution in [3.05, 3.63) is 58.1 Å². The fourth-order valence-corrected chi connectivity index (χ4v) is 5.34. The summed E-state index contributed by atoms with van der Waals surface area (Å²) in [5.41, 5.74) is 0.916. The van der Waals surface area contributed by atoms with Crippen LogP contribution in [0.5, 0.6) is 0 Å². The van der Waals surface area contributed by atoms with Crippen molar-refractivity contribution >= 4 is 44.9 Å². The average Bonchev–Trinajstić information content (AvgIpc) is 3.44. The SMILES string of the molecule is CCOC(=O)N(Cc1ccc2oc(-c3ccccc3C(=O)O)c(Br)c2c1)CC1(C(=O)O)CCCC1. The molecule has 2 N–H and O–H groups in total. The third-order valence-corrected chi connectivity index (χ3v) is 7.29. The minimum atomic E-state index is -1.06. The normalized spacial score (nSPS) is 14.7. The molecule has 0 aliphatic heterocycles. The van der Waals surface area contributed by atoms with Gasteiger partial charge in [-0.05, 0) is 59.5 Å². The number of amides is 1. The topological polar surface area (TPSA) is 117 Å². The molecule has 3 aromatic rings. The Morgan fingerprint density at radius 2 is 1.83 bits per heavy atom. The lowest BCUT2D eigenvalue weighted by Crippen LogP contribution is -2.44. The molecule has 8 nitrogen and oxygen atoms in total. The van der Waals surface area contributed by atoms with E-state index in [1.165, 1.54) is 11.0 Å². The lowest BCUT2D eigenvalue weighted by molar-refractivity contribution is -0.149. The van der Waals surface area contributed by atoms with Crippen molar-refractivity contribution in [3.8, 4) is 11.3 Å². The number of hydrogen-bond donors (Lipinski definition) is 2. The van der Waals surface area contributed by atoms with Crippen LogP contribution >= 0.6 is 15.9 Å². The molecule has 0 atom stereocenters. The van der Waals surface area contributed by atoms with E-state index in [9.17, 15) is 24.6 Å². The molecule has 9 heteroatoms. The van der Waals surface area contributed by atoms with Crippen LogP contribution in [0.25, 0.3) is 22.3 Å². The summed E-state index contributed by atoms with van der Waals surface area (Å²) in [6.45, 7) is 2.14. The van der Waals surface area contributed by atoms with E-state index in [0.717, 1.165) is 23.8 Å². The minimum Gasteiger partial charge on any atom is -0.481 e. The van der Waals surface area contributed by atoms with Gasteiger partial charge in [-0.15, -0.1) is 0 Å². The largest absolute Gasteiger partial charge is 0.481 e.